The molecule has 0 saturated heterocycles. The van der Waals surface area contributed by atoms with Crippen LogP contribution in [-0.2, 0) is 0 Å². The minimum Gasteiger partial charge on any atom is -0.332 e. The van der Waals surface area contributed by atoms with Crippen LogP contribution in [0.2, 0.25) is 0 Å². The van der Waals surface area contributed by atoms with E-state index in [0.717, 1.165) is 31.9 Å². The zero-order valence-corrected chi connectivity index (χ0v) is 11.4. The van der Waals surface area contributed by atoms with E-state index in [-0.39, 0.29) is 0 Å². The molecule has 0 amide bonds. The van der Waals surface area contributed by atoms with Crippen molar-refractivity contribution in [2.75, 3.05) is 5.32 Å². The fraction of sp³-hybridized carbons (Fsp3) is 0. The maximum atomic E-state index is 4.63. The Kier molecular flexibility index (Phi) is 2.60. The lowest BCUT2D eigenvalue weighted by atomic mass is 10.2. The highest BCUT2D eigenvalue weighted by atomic mass is 32.1. The maximum Gasteiger partial charge on any atom is 0.188 e. The molecule has 0 radical (unpaired) electrons. The van der Waals surface area contributed by atoms with Crippen LogP contribution >= 0.6 is 11.3 Å². The number of hydrogen-bond donors (Lipinski definition) is 1. The molecule has 4 heteroatoms. The van der Waals surface area contributed by atoms with Gasteiger partial charge >= 0.3 is 0 Å². The SMILES string of the molecule is c1ccc(Nc2nc3ccc4cccnc4c3s2)cc1. The van der Waals surface area contributed by atoms with Gasteiger partial charge in [0.05, 0.1) is 15.7 Å². The van der Waals surface area contributed by atoms with E-state index < -0.39 is 0 Å². The Morgan fingerprint density at radius 2 is 1.80 bits per heavy atom. The first kappa shape index (κ1) is 11.4. The van der Waals surface area contributed by atoms with Crippen molar-refractivity contribution in [3.63, 3.8) is 0 Å². The first-order valence-electron chi connectivity index (χ1n) is 6.36. The molecule has 4 rings (SSSR count). The van der Waals surface area contributed by atoms with E-state index in [4.69, 9.17) is 0 Å². The van der Waals surface area contributed by atoms with Gasteiger partial charge in [-0.2, -0.15) is 0 Å². The van der Waals surface area contributed by atoms with Gasteiger partial charge in [-0.15, -0.1) is 0 Å². The summed E-state index contributed by atoms with van der Waals surface area (Å²) in [5.74, 6) is 0. The molecule has 0 unspecified atom stereocenters. The number of aromatic nitrogens is 2. The molecule has 2 heterocycles. The molecular weight excluding hydrogens is 266 g/mol. The number of anilines is 2. The van der Waals surface area contributed by atoms with Crippen molar-refractivity contribution >= 4 is 43.3 Å². The van der Waals surface area contributed by atoms with E-state index in [1.54, 1.807) is 11.3 Å². The van der Waals surface area contributed by atoms with Gasteiger partial charge in [0.25, 0.3) is 0 Å². The van der Waals surface area contributed by atoms with Gasteiger partial charge in [-0.25, -0.2) is 4.98 Å². The summed E-state index contributed by atoms with van der Waals surface area (Å²) in [6, 6.07) is 18.2. The van der Waals surface area contributed by atoms with Crippen molar-refractivity contribution in [1.29, 1.82) is 0 Å². The molecule has 0 atom stereocenters. The molecule has 0 aliphatic heterocycles. The van der Waals surface area contributed by atoms with E-state index in [9.17, 15) is 0 Å². The third-order valence-electron chi connectivity index (χ3n) is 3.15. The van der Waals surface area contributed by atoms with Gasteiger partial charge in [-0.05, 0) is 24.3 Å². The van der Waals surface area contributed by atoms with Gasteiger partial charge < -0.3 is 5.32 Å². The average molecular weight is 277 g/mol. The Morgan fingerprint density at radius 3 is 2.70 bits per heavy atom. The highest BCUT2D eigenvalue weighted by molar-refractivity contribution is 7.23. The summed E-state index contributed by atoms with van der Waals surface area (Å²) in [7, 11) is 0. The molecule has 3 nitrogen and oxygen atoms in total. The van der Waals surface area contributed by atoms with Gasteiger partial charge in [0, 0.05) is 17.3 Å². The van der Waals surface area contributed by atoms with Crippen molar-refractivity contribution in [2.45, 2.75) is 0 Å². The fourth-order valence-electron chi connectivity index (χ4n) is 2.22. The summed E-state index contributed by atoms with van der Waals surface area (Å²) in [6.45, 7) is 0. The summed E-state index contributed by atoms with van der Waals surface area (Å²) in [5, 5.41) is 5.38. The highest BCUT2D eigenvalue weighted by Gasteiger charge is 2.08. The monoisotopic (exact) mass is 277 g/mol. The number of thiazole rings is 1. The lowest BCUT2D eigenvalue weighted by Crippen LogP contribution is -1.87. The number of hydrogen-bond acceptors (Lipinski definition) is 4. The van der Waals surface area contributed by atoms with Crippen molar-refractivity contribution in [1.82, 2.24) is 9.97 Å². The van der Waals surface area contributed by atoms with Gasteiger partial charge in [0.2, 0.25) is 0 Å². The van der Waals surface area contributed by atoms with E-state index in [1.807, 2.05) is 48.7 Å². The Labute approximate surface area is 119 Å². The highest BCUT2D eigenvalue weighted by Crippen LogP contribution is 2.32. The van der Waals surface area contributed by atoms with E-state index in [1.165, 1.54) is 0 Å². The number of fused-ring (bicyclic) bond motifs is 3. The van der Waals surface area contributed by atoms with E-state index in [0.29, 0.717) is 0 Å². The Hall–Kier alpha value is -2.46. The third kappa shape index (κ3) is 1.90. The van der Waals surface area contributed by atoms with Crippen molar-refractivity contribution in [3.8, 4) is 0 Å². The van der Waals surface area contributed by atoms with Crippen LogP contribution in [0.5, 0.6) is 0 Å². The summed E-state index contributed by atoms with van der Waals surface area (Å²) in [4.78, 5) is 9.10. The van der Waals surface area contributed by atoms with Crippen LogP contribution in [0, 0.1) is 0 Å². The van der Waals surface area contributed by atoms with Crippen LogP contribution < -0.4 is 5.32 Å². The lowest BCUT2D eigenvalue weighted by Gasteiger charge is -1.99. The molecule has 2 aromatic carbocycles. The number of para-hydroxylation sites is 1. The predicted octanol–water partition coefficient (Wildman–Crippen LogP) is 4.59. The van der Waals surface area contributed by atoms with Gasteiger partial charge in [-0.3, -0.25) is 4.98 Å². The minimum absolute atomic E-state index is 0.893. The third-order valence-corrected chi connectivity index (χ3v) is 4.15. The Bertz CT molecular complexity index is 884. The second-order valence-electron chi connectivity index (χ2n) is 4.50. The van der Waals surface area contributed by atoms with Crippen molar-refractivity contribution < 1.29 is 0 Å². The van der Waals surface area contributed by atoms with Crippen LogP contribution in [0.3, 0.4) is 0 Å². The van der Waals surface area contributed by atoms with Crippen LogP contribution in [0.4, 0.5) is 10.8 Å². The minimum atomic E-state index is 0.893. The molecular formula is C16H11N3S. The predicted molar refractivity (Wildman–Crippen MR) is 84.6 cm³/mol. The van der Waals surface area contributed by atoms with Crippen LogP contribution in [0.25, 0.3) is 21.1 Å². The molecule has 4 aromatic rings. The van der Waals surface area contributed by atoms with Crippen LogP contribution in [-0.4, -0.2) is 9.97 Å². The molecule has 0 spiro atoms. The molecule has 0 aliphatic rings. The summed E-state index contributed by atoms with van der Waals surface area (Å²) >= 11 is 1.64. The summed E-state index contributed by atoms with van der Waals surface area (Å²) < 4.78 is 1.13. The summed E-state index contributed by atoms with van der Waals surface area (Å²) in [5.41, 5.74) is 3.05. The first-order valence-corrected chi connectivity index (χ1v) is 7.18. The maximum absolute atomic E-state index is 4.63. The second kappa shape index (κ2) is 4.58. The fourth-order valence-corrected chi connectivity index (χ4v) is 3.22. The first-order chi connectivity index (χ1) is 9.90. The Balaban J connectivity index is 1.84. The van der Waals surface area contributed by atoms with E-state index in [2.05, 4.69) is 27.4 Å². The number of benzene rings is 2. The molecule has 0 bridgehead atoms. The van der Waals surface area contributed by atoms with Crippen molar-refractivity contribution in [3.05, 3.63) is 60.8 Å². The van der Waals surface area contributed by atoms with Gasteiger partial charge in [0.1, 0.15) is 0 Å². The zero-order valence-electron chi connectivity index (χ0n) is 10.6. The topological polar surface area (TPSA) is 37.8 Å². The molecule has 2 aromatic heterocycles. The largest absolute Gasteiger partial charge is 0.332 e. The van der Waals surface area contributed by atoms with E-state index >= 15 is 0 Å². The average Bonchev–Trinajstić information content (AvgIpc) is 2.91. The number of rotatable bonds is 2. The molecule has 96 valence electrons. The smallest absolute Gasteiger partial charge is 0.188 e. The second-order valence-corrected chi connectivity index (χ2v) is 5.50. The van der Waals surface area contributed by atoms with Crippen molar-refractivity contribution in [2.24, 2.45) is 0 Å². The quantitative estimate of drug-likeness (QED) is 0.582. The summed E-state index contributed by atoms with van der Waals surface area (Å²) in [6.07, 6.45) is 1.83. The number of pyridine rings is 1. The molecule has 1 N–H and O–H groups in total. The normalized spacial score (nSPS) is 11.0. The van der Waals surface area contributed by atoms with Crippen LogP contribution in [0.15, 0.2) is 60.8 Å². The lowest BCUT2D eigenvalue weighted by molar-refractivity contribution is 1.42. The molecule has 20 heavy (non-hydrogen) atoms. The molecule has 0 fully saturated rings. The van der Waals surface area contributed by atoms with Crippen LogP contribution in [0.1, 0.15) is 0 Å². The Morgan fingerprint density at radius 1 is 0.900 bits per heavy atom. The van der Waals surface area contributed by atoms with Gasteiger partial charge in [0.15, 0.2) is 5.13 Å². The molecule has 0 saturated carbocycles. The standard InChI is InChI=1S/C16H11N3S/c1-2-6-12(7-3-1)18-16-19-13-9-8-11-5-4-10-17-14(11)15(13)20-16/h1-10H,(H,18,19). The zero-order chi connectivity index (χ0) is 13.4. The number of nitrogens with zero attached hydrogens (tertiary/aromatic N) is 2. The number of nitrogens with one attached hydrogen (secondary N) is 1. The molecule has 0 aliphatic carbocycles. The van der Waals surface area contributed by atoms with Gasteiger partial charge in [-0.1, -0.05) is 41.7 Å².